The van der Waals surface area contributed by atoms with E-state index < -0.39 is 0 Å². The van der Waals surface area contributed by atoms with E-state index >= 15 is 0 Å². The quantitative estimate of drug-likeness (QED) is 0.770. The number of rotatable bonds is 4. The lowest BCUT2D eigenvalue weighted by atomic mass is 10.1. The highest BCUT2D eigenvalue weighted by Gasteiger charge is 2.34. The molecule has 3 aromatic rings. The molecule has 2 aromatic carbocycles. The van der Waals surface area contributed by atoms with Gasteiger partial charge in [-0.2, -0.15) is 0 Å². The molecule has 2 heterocycles. The molecular formula is C21H20N2O2. The third-order valence-electron chi connectivity index (χ3n) is 4.54. The van der Waals surface area contributed by atoms with E-state index in [-0.39, 0.29) is 12.1 Å². The second kappa shape index (κ2) is 6.48. The predicted molar refractivity (Wildman–Crippen MR) is 97.4 cm³/mol. The van der Waals surface area contributed by atoms with Gasteiger partial charge in [-0.15, -0.1) is 0 Å². The SMILES string of the molecule is Cc1ccc([C@@H]2Nc3ccccc3C(=O)N2CCc2ccccc2)o1. The molecule has 0 spiro atoms. The van der Waals surface area contributed by atoms with Crippen LogP contribution in [-0.2, 0) is 6.42 Å². The number of benzene rings is 2. The Bertz CT molecular complexity index is 886. The van der Waals surface area contributed by atoms with Crippen LogP contribution in [0, 0.1) is 6.92 Å². The van der Waals surface area contributed by atoms with Gasteiger partial charge in [0.25, 0.3) is 5.91 Å². The summed E-state index contributed by atoms with van der Waals surface area (Å²) in [6.07, 6.45) is 0.506. The minimum atomic E-state index is -0.292. The summed E-state index contributed by atoms with van der Waals surface area (Å²) in [5.74, 6) is 1.63. The third kappa shape index (κ3) is 3.03. The zero-order chi connectivity index (χ0) is 17.2. The summed E-state index contributed by atoms with van der Waals surface area (Å²) in [6, 6.07) is 21.7. The number of anilines is 1. The van der Waals surface area contributed by atoms with Crippen LogP contribution in [0.2, 0.25) is 0 Å². The van der Waals surface area contributed by atoms with Crippen molar-refractivity contribution >= 4 is 11.6 Å². The van der Waals surface area contributed by atoms with Crippen LogP contribution < -0.4 is 5.32 Å². The number of amides is 1. The average Bonchev–Trinajstić information content (AvgIpc) is 3.08. The van der Waals surface area contributed by atoms with Crippen molar-refractivity contribution in [2.75, 3.05) is 11.9 Å². The monoisotopic (exact) mass is 332 g/mol. The standard InChI is InChI=1S/C21H20N2O2/c1-15-11-12-19(25-15)20-22-18-10-6-5-9-17(18)21(24)23(20)14-13-16-7-3-2-4-8-16/h2-12,20,22H,13-14H2,1H3/t20-/m1/s1. The van der Waals surface area contributed by atoms with E-state index in [1.54, 1.807) is 0 Å². The molecular weight excluding hydrogens is 312 g/mol. The Morgan fingerprint density at radius 3 is 2.52 bits per heavy atom. The maximum Gasteiger partial charge on any atom is 0.257 e. The second-order valence-corrected chi connectivity index (χ2v) is 6.28. The molecule has 4 nitrogen and oxygen atoms in total. The predicted octanol–water partition coefficient (Wildman–Crippen LogP) is 4.40. The van der Waals surface area contributed by atoms with Crippen molar-refractivity contribution in [3.8, 4) is 0 Å². The van der Waals surface area contributed by atoms with Gasteiger partial charge in [-0.1, -0.05) is 42.5 Å². The number of fused-ring (bicyclic) bond motifs is 1. The summed E-state index contributed by atoms with van der Waals surface area (Å²) in [5, 5.41) is 3.45. The fraction of sp³-hybridized carbons (Fsp3) is 0.190. The number of hydrogen-bond donors (Lipinski definition) is 1. The van der Waals surface area contributed by atoms with Crippen LogP contribution in [0.5, 0.6) is 0 Å². The van der Waals surface area contributed by atoms with Gasteiger partial charge in [-0.3, -0.25) is 4.79 Å². The molecule has 0 aliphatic carbocycles. The molecule has 126 valence electrons. The van der Waals surface area contributed by atoms with Crippen LogP contribution in [0.15, 0.2) is 71.1 Å². The van der Waals surface area contributed by atoms with Gasteiger partial charge < -0.3 is 14.6 Å². The van der Waals surface area contributed by atoms with E-state index in [0.29, 0.717) is 12.1 Å². The van der Waals surface area contributed by atoms with Gasteiger partial charge in [0, 0.05) is 12.2 Å². The third-order valence-corrected chi connectivity index (χ3v) is 4.54. The topological polar surface area (TPSA) is 45.5 Å². The highest BCUT2D eigenvalue weighted by Crippen LogP contribution is 2.33. The Balaban J connectivity index is 1.66. The van der Waals surface area contributed by atoms with Crippen LogP contribution in [0.3, 0.4) is 0 Å². The lowest BCUT2D eigenvalue weighted by Gasteiger charge is -2.36. The van der Waals surface area contributed by atoms with E-state index in [9.17, 15) is 4.79 Å². The number of nitrogens with zero attached hydrogens (tertiary/aromatic N) is 1. The van der Waals surface area contributed by atoms with Crippen LogP contribution >= 0.6 is 0 Å². The molecule has 0 unspecified atom stereocenters. The Labute approximate surface area is 147 Å². The zero-order valence-corrected chi connectivity index (χ0v) is 14.1. The molecule has 1 aliphatic rings. The van der Waals surface area contributed by atoms with Crippen molar-refractivity contribution < 1.29 is 9.21 Å². The molecule has 1 amide bonds. The molecule has 1 aliphatic heterocycles. The minimum Gasteiger partial charge on any atom is -0.462 e. The Morgan fingerprint density at radius 1 is 1.00 bits per heavy atom. The zero-order valence-electron chi connectivity index (χ0n) is 14.1. The van der Waals surface area contributed by atoms with Crippen molar-refractivity contribution in [3.63, 3.8) is 0 Å². The fourth-order valence-corrected chi connectivity index (χ4v) is 3.24. The van der Waals surface area contributed by atoms with Crippen molar-refractivity contribution in [1.82, 2.24) is 4.90 Å². The molecule has 1 atom stereocenters. The van der Waals surface area contributed by atoms with E-state index in [0.717, 1.165) is 23.6 Å². The fourth-order valence-electron chi connectivity index (χ4n) is 3.24. The summed E-state index contributed by atoms with van der Waals surface area (Å²) in [6.45, 7) is 2.53. The highest BCUT2D eigenvalue weighted by molar-refractivity contribution is 6.01. The molecule has 4 heteroatoms. The first-order valence-corrected chi connectivity index (χ1v) is 8.49. The molecule has 1 N–H and O–H groups in total. The van der Waals surface area contributed by atoms with Gasteiger partial charge in [0.15, 0.2) is 6.17 Å². The molecule has 1 aromatic heterocycles. The van der Waals surface area contributed by atoms with E-state index in [1.165, 1.54) is 5.56 Å². The summed E-state index contributed by atoms with van der Waals surface area (Å²) >= 11 is 0. The second-order valence-electron chi connectivity index (χ2n) is 6.28. The first-order valence-electron chi connectivity index (χ1n) is 8.49. The maximum absolute atomic E-state index is 13.1. The van der Waals surface area contributed by atoms with Crippen molar-refractivity contribution in [2.45, 2.75) is 19.5 Å². The summed E-state index contributed by atoms with van der Waals surface area (Å²) in [7, 11) is 0. The lowest BCUT2D eigenvalue weighted by Crippen LogP contribution is -2.43. The Kier molecular flexibility index (Phi) is 4.02. The number of carbonyl (C=O) groups excluding carboxylic acids is 1. The van der Waals surface area contributed by atoms with Crippen molar-refractivity contribution in [1.29, 1.82) is 0 Å². The number of carbonyl (C=O) groups is 1. The highest BCUT2D eigenvalue weighted by atomic mass is 16.3. The molecule has 0 radical (unpaired) electrons. The largest absolute Gasteiger partial charge is 0.462 e. The number of furan rings is 1. The Hall–Kier alpha value is -3.01. The molecule has 0 saturated heterocycles. The van der Waals surface area contributed by atoms with Gasteiger partial charge in [-0.25, -0.2) is 0 Å². The number of nitrogens with one attached hydrogen (secondary N) is 1. The van der Waals surface area contributed by atoms with Crippen LogP contribution in [0.4, 0.5) is 5.69 Å². The number of hydrogen-bond acceptors (Lipinski definition) is 3. The van der Waals surface area contributed by atoms with Gasteiger partial charge in [0.1, 0.15) is 11.5 Å². The van der Waals surface area contributed by atoms with Gasteiger partial charge in [0.05, 0.1) is 5.56 Å². The van der Waals surface area contributed by atoms with Crippen molar-refractivity contribution in [2.24, 2.45) is 0 Å². The molecule has 4 rings (SSSR count). The van der Waals surface area contributed by atoms with Gasteiger partial charge >= 0.3 is 0 Å². The summed E-state index contributed by atoms with van der Waals surface area (Å²) in [4.78, 5) is 14.9. The number of aryl methyl sites for hydroxylation is 1. The van der Waals surface area contributed by atoms with Gasteiger partial charge in [0.2, 0.25) is 0 Å². The molecule has 0 bridgehead atoms. The van der Waals surface area contributed by atoms with Crippen molar-refractivity contribution in [3.05, 3.63) is 89.4 Å². The number of para-hydroxylation sites is 1. The first-order chi connectivity index (χ1) is 12.2. The van der Waals surface area contributed by atoms with Gasteiger partial charge in [-0.05, 0) is 43.2 Å². The van der Waals surface area contributed by atoms with E-state index in [4.69, 9.17) is 4.42 Å². The summed E-state index contributed by atoms with van der Waals surface area (Å²) in [5.41, 5.74) is 2.76. The van der Waals surface area contributed by atoms with E-state index in [2.05, 4.69) is 17.4 Å². The smallest absolute Gasteiger partial charge is 0.257 e. The van der Waals surface area contributed by atoms with E-state index in [1.807, 2.05) is 66.4 Å². The normalized spacial score (nSPS) is 16.4. The van der Waals surface area contributed by atoms with Crippen LogP contribution in [0.25, 0.3) is 0 Å². The maximum atomic E-state index is 13.1. The lowest BCUT2D eigenvalue weighted by molar-refractivity contribution is 0.0665. The molecule has 25 heavy (non-hydrogen) atoms. The van der Waals surface area contributed by atoms with Crippen LogP contribution in [-0.4, -0.2) is 17.4 Å². The first kappa shape index (κ1) is 15.5. The molecule has 0 saturated carbocycles. The summed E-state index contributed by atoms with van der Waals surface area (Å²) < 4.78 is 5.81. The average molecular weight is 332 g/mol. The molecule has 0 fully saturated rings. The minimum absolute atomic E-state index is 0.0318. The Morgan fingerprint density at radius 2 is 1.76 bits per heavy atom. The van der Waals surface area contributed by atoms with Crippen LogP contribution in [0.1, 0.15) is 33.6 Å².